The minimum absolute atomic E-state index is 0.185. The molecule has 4 saturated heterocycles. The molecule has 4 heterocycles. The summed E-state index contributed by atoms with van der Waals surface area (Å²) >= 11 is 0. The highest BCUT2D eigenvalue weighted by Crippen LogP contribution is 2.36. The van der Waals surface area contributed by atoms with Gasteiger partial charge in [0.2, 0.25) is 10.0 Å². The van der Waals surface area contributed by atoms with E-state index >= 15 is 0 Å². The third kappa shape index (κ3) is 4.84. The SMILES string of the molecule is CS(=O)(=O)NCC1CC2CCN1CC2CN1CCN(c2ccc(F)cc2)CC1. The summed E-state index contributed by atoms with van der Waals surface area (Å²) in [7, 11) is -3.12. The second-order valence-corrected chi connectivity index (χ2v) is 10.4. The summed E-state index contributed by atoms with van der Waals surface area (Å²) in [6.45, 7) is 7.89. The van der Waals surface area contributed by atoms with Crippen molar-refractivity contribution in [1.82, 2.24) is 14.5 Å². The molecule has 4 atom stereocenters. The van der Waals surface area contributed by atoms with E-state index in [4.69, 9.17) is 0 Å². The Hall–Kier alpha value is -1.22. The van der Waals surface area contributed by atoms with Gasteiger partial charge in [-0.3, -0.25) is 9.80 Å². The van der Waals surface area contributed by atoms with Crippen LogP contribution < -0.4 is 9.62 Å². The number of nitrogens with one attached hydrogen (secondary N) is 1. The Morgan fingerprint density at radius 2 is 1.82 bits per heavy atom. The van der Waals surface area contributed by atoms with E-state index in [1.807, 2.05) is 12.1 Å². The molecular formula is C20H31FN4O2S. The van der Waals surface area contributed by atoms with Gasteiger partial charge in [0.1, 0.15) is 5.82 Å². The molecule has 0 aromatic heterocycles. The summed E-state index contributed by atoms with van der Waals surface area (Å²) in [5.74, 6) is 1.20. The Morgan fingerprint density at radius 3 is 2.43 bits per heavy atom. The second kappa shape index (κ2) is 8.26. The first-order valence-electron chi connectivity index (χ1n) is 10.3. The standard InChI is InChI=1S/C20H31FN4O2S/c1-28(26,27)22-13-20-12-16-6-7-25(20)15-17(16)14-23-8-10-24(11-9-23)19-4-2-18(21)3-5-19/h2-5,16-17,20,22H,6-15H2,1H3. The first-order chi connectivity index (χ1) is 13.4. The highest BCUT2D eigenvalue weighted by atomic mass is 32.2. The van der Waals surface area contributed by atoms with Gasteiger partial charge in [0.05, 0.1) is 6.26 Å². The summed E-state index contributed by atoms with van der Waals surface area (Å²) in [5, 5.41) is 0. The number of piperidine rings is 3. The summed E-state index contributed by atoms with van der Waals surface area (Å²) < 4.78 is 38.6. The molecule has 6 nitrogen and oxygen atoms in total. The summed E-state index contributed by atoms with van der Waals surface area (Å²) in [5.41, 5.74) is 1.10. The molecule has 1 aromatic rings. The molecule has 28 heavy (non-hydrogen) atoms. The molecular weight excluding hydrogens is 379 g/mol. The molecule has 1 N–H and O–H groups in total. The van der Waals surface area contributed by atoms with Crippen molar-refractivity contribution in [3.63, 3.8) is 0 Å². The number of benzene rings is 1. The van der Waals surface area contributed by atoms with E-state index < -0.39 is 10.0 Å². The maximum atomic E-state index is 13.1. The number of rotatable bonds is 6. The zero-order valence-electron chi connectivity index (χ0n) is 16.6. The number of halogens is 1. The summed E-state index contributed by atoms with van der Waals surface area (Å²) in [6.07, 6.45) is 3.57. The fraction of sp³-hybridized carbons (Fsp3) is 0.700. The summed E-state index contributed by atoms with van der Waals surface area (Å²) in [6, 6.07) is 7.14. The first kappa shape index (κ1) is 20.1. The van der Waals surface area contributed by atoms with Crippen LogP contribution in [0.1, 0.15) is 12.8 Å². The predicted octanol–water partition coefficient (Wildman–Crippen LogP) is 1.21. The van der Waals surface area contributed by atoms with Crippen molar-refractivity contribution in [1.29, 1.82) is 0 Å². The average molecular weight is 411 g/mol. The van der Waals surface area contributed by atoms with E-state index in [1.165, 1.54) is 24.8 Å². The van der Waals surface area contributed by atoms with Gasteiger partial charge in [0, 0.05) is 57.5 Å². The Balaban J connectivity index is 1.26. The third-order valence-electron chi connectivity index (χ3n) is 6.65. The van der Waals surface area contributed by atoms with Gasteiger partial charge < -0.3 is 4.90 Å². The fourth-order valence-corrected chi connectivity index (χ4v) is 5.58. The maximum Gasteiger partial charge on any atom is 0.208 e. The van der Waals surface area contributed by atoms with Crippen LogP contribution in [0.25, 0.3) is 0 Å². The Labute approximate surface area is 167 Å². The van der Waals surface area contributed by atoms with Gasteiger partial charge >= 0.3 is 0 Å². The van der Waals surface area contributed by atoms with Crippen LogP contribution in [0.15, 0.2) is 24.3 Å². The van der Waals surface area contributed by atoms with Gasteiger partial charge in [0.25, 0.3) is 0 Å². The second-order valence-electron chi connectivity index (χ2n) is 8.58. The lowest BCUT2D eigenvalue weighted by atomic mass is 9.75. The largest absolute Gasteiger partial charge is 0.369 e. The zero-order valence-corrected chi connectivity index (χ0v) is 17.4. The van der Waals surface area contributed by atoms with Crippen LogP contribution in [0.4, 0.5) is 10.1 Å². The monoisotopic (exact) mass is 410 g/mol. The normalized spacial score (nSPS) is 31.3. The van der Waals surface area contributed by atoms with Crippen molar-refractivity contribution in [2.45, 2.75) is 18.9 Å². The molecule has 2 bridgehead atoms. The smallest absolute Gasteiger partial charge is 0.208 e. The van der Waals surface area contributed by atoms with Crippen LogP contribution in [0.5, 0.6) is 0 Å². The van der Waals surface area contributed by atoms with Crippen molar-refractivity contribution in [3.05, 3.63) is 30.1 Å². The lowest BCUT2D eigenvalue weighted by Gasteiger charge is -2.51. The van der Waals surface area contributed by atoms with E-state index in [9.17, 15) is 12.8 Å². The van der Waals surface area contributed by atoms with Crippen LogP contribution in [0, 0.1) is 17.7 Å². The van der Waals surface area contributed by atoms with E-state index in [2.05, 4.69) is 19.4 Å². The van der Waals surface area contributed by atoms with E-state index in [1.54, 1.807) is 0 Å². The van der Waals surface area contributed by atoms with E-state index in [0.29, 0.717) is 24.4 Å². The van der Waals surface area contributed by atoms with Crippen molar-refractivity contribution in [3.8, 4) is 0 Å². The quantitative estimate of drug-likeness (QED) is 0.764. The van der Waals surface area contributed by atoms with Crippen LogP contribution in [-0.2, 0) is 10.0 Å². The minimum Gasteiger partial charge on any atom is -0.369 e. The molecule has 4 unspecified atom stereocenters. The molecule has 0 aliphatic carbocycles. The van der Waals surface area contributed by atoms with Crippen LogP contribution in [0.2, 0.25) is 0 Å². The molecule has 0 amide bonds. The van der Waals surface area contributed by atoms with E-state index in [-0.39, 0.29) is 5.82 Å². The fourth-order valence-electron chi connectivity index (χ4n) is 5.09. The highest BCUT2D eigenvalue weighted by molar-refractivity contribution is 7.88. The van der Waals surface area contributed by atoms with Gasteiger partial charge in [-0.1, -0.05) is 0 Å². The highest BCUT2D eigenvalue weighted by Gasteiger charge is 2.40. The molecule has 4 aliphatic heterocycles. The topological polar surface area (TPSA) is 55.9 Å². The first-order valence-corrected chi connectivity index (χ1v) is 12.2. The zero-order chi connectivity index (χ0) is 19.7. The predicted molar refractivity (Wildman–Crippen MR) is 109 cm³/mol. The molecule has 1 aromatic carbocycles. The lowest BCUT2D eigenvalue weighted by molar-refractivity contribution is -0.0107. The van der Waals surface area contributed by atoms with Gasteiger partial charge in [-0.2, -0.15) is 0 Å². The van der Waals surface area contributed by atoms with Crippen molar-refractivity contribution < 1.29 is 12.8 Å². The van der Waals surface area contributed by atoms with Crippen LogP contribution >= 0.6 is 0 Å². The molecule has 156 valence electrons. The molecule has 0 spiro atoms. The van der Waals surface area contributed by atoms with Crippen LogP contribution in [0.3, 0.4) is 0 Å². The number of hydrogen-bond acceptors (Lipinski definition) is 5. The number of anilines is 1. The number of piperazine rings is 1. The van der Waals surface area contributed by atoms with Gasteiger partial charge in [-0.05, 0) is 55.5 Å². The van der Waals surface area contributed by atoms with Crippen LogP contribution in [-0.4, -0.2) is 82.9 Å². The van der Waals surface area contributed by atoms with Gasteiger partial charge in [-0.15, -0.1) is 0 Å². The van der Waals surface area contributed by atoms with Gasteiger partial charge in [0.15, 0.2) is 0 Å². The molecule has 4 aliphatic rings. The number of sulfonamides is 1. The molecule has 4 fully saturated rings. The summed E-state index contributed by atoms with van der Waals surface area (Å²) in [4.78, 5) is 7.38. The van der Waals surface area contributed by atoms with Crippen molar-refractivity contribution in [2.24, 2.45) is 11.8 Å². The number of fused-ring (bicyclic) bond motifs is 3. The molecule has 0 saturated carbocycles. The molecule has 8 heteroatoms. The number of hydrogen-bond donors (Lipinski definition) is 1. The maximum absolute atomic E-state index is 13.1. The Bertz CT molecular complexity index is 765. The Morgan fingerprint density at radius 1 is 1.11 bits per heavy atom. The van der Waals surface area contributed by atoms with Crippen molar-refractivity contribution >= 4 is 15.7 Å². The Kier molecular flexibility index (Phi) is 5.92. The van der Waals surface area contributed by atoms with E-state index in [0.717, 1.165) is 57.9 Å². The molecule has 0 radical (unpaired) electrons. The lowest BCUT2D eigenvalue weighted by Crippen LogP contribution is -2.59. The van der Waals surface area contributed by atoms with Gasteiger partial charge in [-0.25, -0.2) is 17.5 Å². The third-order valence-corrected chi connectivity index (χ3v) is 7.34. The molecule has 5 rings (SSSR count). The van der Waals surface area contributed by atoms with Crippen molar-refractivity contribution in [2.75, 3.05) is 63.5 Å². The minimum atomic E-state index is -3.12. The average Bonchev–Trinajstić information content (AvgIpc) is 2.68. The number of nitrogens with zero attached hydrogens (tertiary/aromatic N) is 3.